The van der Waals surface area contributed by atoms with E-state index in [1.165, 1.54) is 24.3 Å². The molecule has 23 heavy (non-hydrogen) atoms. The number of alkyl halides is 1. The monoisotopic (exact) mass is 352 g/mol. The van der Waals surface area contributed by atoms with Crippen LogP contribution in [0.3, 0.4) is 0 Å². The zero-order valence-corrected chi connectivity index (χ0v) is 15.7. The number of rotatable bonds is 4. The van der Waals surface area contributed by atoms with Crippen molar-refractivity contribution >= 4 is 28.7 Å². The van der Waals surface area contributed by atoms with Crippen LogP contribution in [-0.4, -0.2) is 5.78 Å². The third-order valence-electron chi connectivity index (χ3n) is 4.03. The molecule has 1 aromatic heterocycles. The van der Waals surface area contributed by atoms with E-state index in [4.69, 9.17) is 11.6 Å². The number of thiophene rings is 1. The molecule has 0 spiro atoms. The van der Waals surface area contributed by atoms with Gasteiger partial charge in [-0.05, 0) is 35.1 Å². The van der Waals surface area contributed by atoms with Crippen molar-refractivity contribution in [1.29, 1.82) is 0 Å². The number of ketones is 1. The zero-order valence-electron chi connectivity index (χ0n) is 14.2. The van der Waals surface area contributed by atoms with Crippen LogP contribution >= 0.6 is 22.9 Å². The molecule has 1 aromatic carbocycles. The summed E-state index contributed by atoms with van der Waals surface area (Å²) in [4.78, 5) is 12.7. The summed E-state index contributed by atoms with van der Waals surface area (Å²) in [5.41, 5.74) is 3.24. The first-order chi connectivity index (χ1) is 10.6. The lowest BCUT2D eigenvalue weighted by atomic mass is 9.75. The van der Waals surface area contributed by atoms with Crippen molar-refractivity contribution in [3.05, 3.63) is 56.5 Å². The highest BCUT2D eigenvalue weighted by atomic mass is 35.5. The van der Waals surface area contributed by atoms with Gasteiger partial charge in [0.1, 0.15) is 10.7 Å². The number of hydrogen-bond donors (Lipinski definition) is 0. The minimum absolute atomic E-state index is 0.0117. The first-order valence-electron chi connectivity index (χ1n) is 7.60. The minimum Gasteiger partial charge on any atom is -0.293 e. The molecule has 0 aliphatic rings. The maximum Gasteiger partial charge on any atom is 0.172 e. The van der Waals surface area contributed by atoms with Gasteiger partial charge in [-0.1, -0.05) is 39.0 Å². The fourth-order valence-electron chi connectivity index (χ4n) is 2.87. The fourth-order valence-corrected chi connectivity index (χ4v) is 4.47. The Hall–Kier alpha value is -1.19. The van der Waals surface area contributed by atoms with Crippen LogP contribution in [0.2, 0.25) is 0 Å². The minimum atomic E-state index is -0.420. The number of hydrogen-bond acceptors (Lipinski definition) is 2. The molecule has 0 N–H and O–H groups in total. The summed E-state index contributed by atoms with van der Waals surface area (Å²) in [5.74, 6) is -0.181. The average molecular weight is 353 g/mol. The van der Waals surface area contributed by atoms with E-state index < -0.39 is 5.82 Å². The van der Waals surface area contributed by atoms with Gasteiger partial charge in [0.2, 0.25) is 0 Å². The van der Waals surface area contributed by atoms with Gasteiger partial charge in [-0.2, -0.15) is 0 Å². The first-order valence-corrected chi connectivity index (χ1v) is 8.95. The first kappa shape index (κ1) is 18.2. The van der Waals surface area contributed by atoms with Crippen LogP contribution in [0.1, 0.15) is 64.9 Å². The predicted molar refractivity (Wildman–Crippen MR) is 96.3 cm³/mol. The van der Waals surface area contributed by atoms with E-state index in [0.717, 1.165) is 21.6 Å². The molecular weight excluding hydrogens is 331 g/mol. The van der Waals surface area contributed by atoms with Gasteiger partial charge in [0.25, 0.3) is 0 Å². The number of benzene rings is 1. The number of carbonyl (C=O) groups excluding carboxylic acids is 1. The van der Waals surface area contributed by atoms with Crippen molar-refractivity contribution in [3.8, 4) is 0 Å². The summed E-state index contributed by atoms with van der Waals surface area (Å²) < 4.78 is 14.1. The maximum atomic E-state index is 14.1. The normalized spacial score (nSPS) is 13.2. The number of aryl methyl sites for hydroxylation is 1. The molecule has 0 aliphatic carbocycles. The summed E-state index contributed by atoms with van der Waals surface area (Å²) in [6.07, 6.45) is 0. The topological polar surface area (TPSA) is 17.1 Å². The molecule has 1 unspecified atom stereocenters. The molecule has 1 atom stereocenters. The zero-order chi connectivity index (χ0) is 17.4. The van der Waals surface area contributed by atoms with E-state index in [-0.39, 0.29) is 22.0 Å². The lowest BCUT2D eigenvalue weighted by molar-refractivity contribution is 0.101. The highest BCUT2D eigenvalue weighted by Crippen LogP contribution is 2.44. The van der Waals surface area contributed by atoms with Crippen LogP contribution in [0, 0.1) is 18.2 Å². The summed E-state index contributed by atoms with van der Waals surface area (Å²) in [6.45, 7) is 9.82. The SMILES string of the molecule is CC(=O)c1sc(C(c2ccc(C)c(CCl)c2)C(C)(C)C)cc1F. The molecule has 0 saturated heterocycles. The highest BCUT2D eigenvalue weighted by molar-refractivity contribution is 7.14. The molecule has 1 heterocycles. The van der Waals surface area contributed by atoms with Crippen LogP contribution in [0.25, 0.3) is 0 Å². The lowest BCUT2D eigenvalue weighted by Crippen LogP contribution is -2.19. The second-order valence-electron chi connectivity index (χ2n) is 7.00. The average Bonchev–Trinajstić information content (AvgIpc) is 2.81. The van der Waals surface area contributed by atoms with E-state index in [2.05, 4.69) is 39.0 Å². The van der Waals surface area contributed by atoms with Crippen LogP contribution < -0.4 is 0 Å². The summed E-state index contributed by atoms with van der Waals surface area (Å²) >= 11 is 7.30. The Labute approximate surface area is 146 Å². The standard InChI is InChI=1S/C19H22ClFOS/c1-11-6-7-13(8-14(11)10-20)17(19(3,4)5)16-9-15(21)18(23-16)12(2)22/h6-9,17H,10H2,1-5H3. The molecule has 0 saturated carbocycles. The molecule has 0 radical (unpaired) electrons. The van der Waals surface area contributed by atoms with Gasteiger partial charge < -0.3 is 0 Å². The summed E-state index contributed by atoms with van der Waals surface area (Å²) in [7, 11) is 0. The summed E-state index contributed by atoms with van der Waals surface area (Å²) in [5, 5.41) is 0. The second kappa shape index (κ2) is 6.74. The largest absolute Gasteiger partial charge is 0.293 e. The Balaban J connectivity index is 2.59. The molecule has 124 valence electrons. The molecular formula is C19H22ClFOS. The van der Waals surface area contributed by atoms with E-state index in [9.17, 15) is 9.18 Å². The Morgan fingerprint density at radius 3 is 2.43 bits per heavy atom. The van der Waals surface area contributed by atoms with Gasteiger partial charge in [0.15, 0.2) is 5.78 Å². The van der Waals surface area contributed by atoms with E-state index >= 15 is 0 Å². The van der Waals surface area contributed by atoms with Gasteiger partial charge in [0, 0.05) is 23.6 Å². The summed E-state index contributed by atoms with van der Waals surface area (Å²) in [6, 6.07) is 7.74. The Bertz CT molecular complexity index is 727. The third-order valence-corrected chi connectivity index (χ3v) is 5.59. The van der Waals surface area contributed by atoms with Gasteiger partial charge >= 0.3 is 0 Å². The van der Waals surface area contributed by atoms with E-state index in [0.29, 0.717) is 5.88 Å². The molecule has 0 fully saturated rings. The number of Topliss-reactive ketones (excluding diaryl/α,β-unsaturated/α-hetero) is 1. The van der Waals surface area contributed by atoms with Crippen LogP contribution in [0.15, 0.2) is 24.3 Å². The molecule has 0 bridgehead atoms. The van der Waals surface area contributed by atoms with Gasteiger partial charge in [-0.15, -0.1) is 22.9 Å². The number of halogens is 2. The molecule has 0 amide bonds. The van der Waals surface area contributed by atoms with Crippen LogP contribution in [0.5, 0.6) is 0 Å². The predicted octanol–water partition coefficient (Wildman–Crippen LogP) is 6.32. The molecule has 1 nitrogen and oxygen atoms in total. The number of carbonyl (C=O) groups is 1. The molecule has 4 heteroatoms. The van der Waals surface area contributed by atoms with Crippen molar-refractivity contribution in [1.82, 2.24) is 0 Å². The quantitative estimate of drug-likeness (QED) is 0.465. The maximum absolute atomic E-state index is 14.1. The third kappa shape index (κ3) is 3.84. The van der Waals surface area contributed by atoms with E-state index in [1.807, 2.05) is 6.92 Å². The lowest BCUT2D eigenvalue weighted by Gasteiger charge is -2.31. The van der Waals surface area contributed by atoms with Crippen molar-refractivity contribution in [2.75, 3.05) is 0 Å². The van der Waals surface area contributed by atoms with Gasteiger partial charge in [-0.3, -0.25) is 4.79 Å². The molecule has 2 aromatic rings. The van der Waals surface area contributed by atoms with Gasteiger partial charge in [-0.25, -0.2) is 4.39 Å². The fraction of sp³-hybridized carbons (Fsp3) is 0.421. The van der Waals surface area contributed by atoms with Crippen molar-refractivity contribution < 1.29 is 9.18 Å². The Morgan fingerprint density at radius 2 is 1.96 bits per heavy atom. The molecule has 2 rings (SSSR count). The van der Waals surface area contributed by atoms with Crippen molar-refractivity contribution in [2.45, 2.75) is 46.4 Å². The van der Waals surface area contributed by atoms with Crippen LogP contribution in [0.4, 0.5) is 4.39 Å². The van der Waals surface area contributed by atoms with E-state index in [1.54, 1.807) is 0 Å². The van der Waals surface area contributed by atoms with Crippen molar-refractivity contribution in [2.24, 2.45) is 5.41 Å². The van der Waals surface area contributed by atoms with Gasteiger partial charge in [0.05, 0.1) is 0 Å². The smallest absolute Gasteiger partial charge is 0.172 e. The Kier molecular flexibility index (Phi) is 5.32. The Morgan fingerprint density at radius 1 is 1.30 bits per heavy atom. The molecule has 0 aliphatic heterocycles. The van der Waals surface area contributed by atoms with Crippen LogP contribution in [-0.2, 0) is 5.88 Å². The highest BCUT2D eigenvalue weighted by Gasteiger charge is 2.31. The second-order valence-corrected chi connectivity index (χ2v) is 8.35. The van der Waals surface area contributed by atoms with Crippen molar-refractivity contribution in [3.63, 3.8) is 0 Å².